The Bertz CT molecular complexity index is 848. The summed E-state index contributed by atoms with van der Waals surface area (Å²) in [6.07, 6.45) is -4.54. The van der Waals surface area contributed by atoms with Gasteiger partial charge in [0.25, 0.3) is 0 Å². The van der Waals surface area contributed by atoms with Crippen LogP contribution in [0, 0.1) is 0 Å². The van der Waals surface area contributed by atoms with E-state index in [1.54, 1.807) is 6.26 Å². The highest BCUT2D eigenvalue weighted by Gasteiger charge is 2.23. The van der Waals surface area contributed by atoms with Crippen LogP contribution in [0.4, 0.5) is 0 Å². The van der Waals surface area contributed by atoms with Crippen LogP contribution in [0.2, 0.25) is 0 Å². The summed E-state index contributed by atoms with van der Waals surface area (Å²) in [5.41, 5.74) is 5.10. The van der Waals surface area contributed by atoms with Gasteiger partial charge in [0.05, 0.1) is 1.37 Å². The standard InChI is InChI=1S/C16H28N4O7S3/c1-30(27)7-3-2-6-18-16(28)29-9-11(14(24)19-8-13(22)23)20-12(21)5-4-10(17)15(25)26/h10-11H,2-9,17H2,1H3,(H,18,28)(H,19,24)(H,20,21)(H,22,23)(H,25,26)/t10-,11-,30?/m0/s1/i4D2,5D2,10D. The molecule has 0 aromatic heterocycles. The Hall–Kier alpha value is -1.77. The first-order valence-corrected chi connectivity index (χ1v) is 11.5. The summed E-state index contributed by atoms with van der Waals surface area (Å²) in [6.45, 7) is -0.409. The average molecular weight is 490 g/mol. The quantitative estimate of drug-likeness (QED) is 0.118. The van der Waals surface area contributed by atoms with Crippen LogP contribution in [0.3, 0.4) is 0 Å². The maximum atomic E-state index is 12.5. The number of rotatable bonds is 15. The Morgan fingerprint density at radius 3 is 2.50 bits per heavy atom. The SMILES string of the molecule is [2H]C([2H])(C(=O)N[C@@H](CSC(=S)NCCCCS(C)=O)C(=O)NCC(=O)O)C([2H])([2H])[C@]([2H])(N)C(=O)O. The number of carbonyl (C=O) groups excluding carboxylic acids is 2. The molecule has 0 aliphatic carbocycles. The molecule has 3 atom stereocenters. The molecule has 1 unspecified atom stereocenters. The summed E-state index contributed by atoms with van der Waals surface area (Å²) >= 11 is 5.95. The fraction of sp³-hybridized carbons (Fsp3) is 0.688. The molecule has 2 amide bonds. The zero-order valence-electron chi connectivity index (χ0n) is 21.1. The maximum absolute atomic E-state index is 12.5. The lowest BCUT2D eigenvalue weighted by Gasteiger charge is -2.18. The second kappa shape index (κ2) is 16.0. The van der Waals surface area contributed by atoms with E-state index in [9.17, 15) is 23.4 Å². The predicted molar refractivity (Wildman–Crippen MR) is 119 cm³/mol. The van der Waals surface area contributed by atoms with Gasteiger partial charge < -0.3 is 31.9 Å². The van der Waals surface area contributed by atoms with Gasteiger partial charge in [0.2, 0.25) is 11.8 Å². The van der Waals surface area contributed by atoms with Crippen molar-refractivity contribution in [1.29, 1.82) is 0 Å². The average Bonchev–Trinajstić information content (AvgIpc) is 2.73. The number of nitrogens with one attached hydrogen (secondary N) is 3. The van der Waals surface area contributed by atoms with Crippen LogP contribution >= 0.6 is 24.0 Å². The molecule has 11 nitrogen and oxygen atoms in total. The van der Waals surface area contributed by atoms with Crippen molar-refractivity contribution < 1.29 is 40.5 Å². The third-order valence-electron chi connectivity index (χ3n) is 3.09. The molecular weight excluding hydrogens is 456 g/mol. The highest BCUT2D eigenvalue weighted by Crippen LogP contribution is 2.07. The van der Waals surface area contributed by atoms with E-state index in [-0.39, 0.29) is 10.1 Å². The van der Waals surface area contributed by atoms with Gasteiger partial charge in [0, 0.05) is 47.0 Å². The van der Waals surface area contributed by atoms with Crippen LogP contribution < -0.4 is 21.7 Å². The van der Waals surface area contributed by atoms with Gasteiger partial charge >= 0.3 is 11.9 Å². The van der Waals surface area contributed by atoms with Crippen molar-refractivity contribution in [3.63, 3.8) is 0 Å². The van der Waals surface area contributed by atoms with E-state index in [0.717, 1.165) is 11.8 Å². The van der Waals surface area contributed by atoms with Gasteiger partial charge in [-0.15, -0.1) is 0 Å². The summed E-state index contributed by atoms with van der Waals surface area (Å²) < 4.78 is 49.6. The summed E-state index contributed by atoms with van der Waals surface area (Å²) in [5.74, 6) is -6.29. The van der Waals surface area contributed by atoms with Crippen LogP contribution in [0.5, 0.6) is 0 Å². The van der Waals surface area contributed by atoms with E-state index < -0.39 is 65.9 Å². The van der Waals surface area contributed by atoms with Crippen molar-refractivity contribution in [2.75, 3.05) is 30.9 Å². The monoisotopic (exact) mass is 489 g/mol. The number of amides is 2. The minimum Gasteiger partial charge on any atom is -0.480 e. The predicted octanol–water partition coefficient (Wildman–Crippen LogP) is -1.37. The Balaban J connectivity index is 5.39. The van der Waals surface area contributed by atoms with Crippen LogP contribution in [0.25, 0.3) is 0 Å². The molecule has 0 aliphatic rings. The molecule has 0 rings (SSSR count). The lowest BCUT2D eigenvalue weighted by Crippen LogP contribution is -2.49. The summed E-state index contributed by atoms with van der Waals surface area (Å²) in [6, 6.07) is -5.16. The van der Waals surface area contributed by atoms with E-state index >= 15 is 0 Å². The van der Waals surface area contributed by atoms with E-state index in [1.807, 2.05) is 10.6 Å². The lowest BCUT2D eigenvalue weighted by atomic mass is 10.1. The largest absolute Gasteiger partial charge is 0.480 e. The van der Waals surface area contributed by atoms with Crippen molar-refractivity contribution in [2.24, 2.45) is 5.73 Å². The molecule has 0 saturated carbocycles. The van der Waals surface area contributed by atoms with Crippen LogP contribution in [-0.4, -0.2) is 85.4 Å². The maximum Gasteiger partial charge on any atom is 0.322 e. The second-order valence-electron chi connectivity index (χ2n) is 5.62. The molecule has 0 spiro atoms. The van der Waals surface area contributed by atoms with Crippen LogP contribution in [0.15, 0.2) is 0 Å². The third kappa shape index (κ3) is 15.1. The van der Waals surface area contributed by atoms with Crippen molar-refractivity contribution in [3.05, 3.63) is 0 Å². The molecule has 0 aromatic rings. The summed E-state index contributed by atoms with van der Waals surface area (Å²) in [5, 5.41) is 24.5. The fourth-order valence-corrected chi connectivity index (χ4v) is 3.35. The molecule has 0 fully saturated rings. The number of thioether (sulfide) groups is 1. The molecule has 0 aromatic carbocycles. The topological polar surface area (TPSA) is 188 Å². The number of carboxylic acid groups (broad SMARTS) is 2. The van der Waals surface area contributed by atoms with Gasteiger partial charge in [-0.05, 0) is 19.2 Å². The molecule has 172 valence electrons. The molecule has 7 N–H and O–H groups in total. The van der Waals surface area contributed by atoms with Crippen molar-refractivity contribution >= 4 is 62.9 Å². The molecule has 30 heavy (non-hydrogen) atoms. The van der Waals surface area contributed by atoms with Gasteiger partial charge in [-0.2, -0.15) is 0 Å². The smallest absolute Gasteiger partial charge is 0.322 e. The first-order chi connectivity index (χ1) is 15.9. The van der Waals surface area contributed by atoms with Gasteiger partial charge in [-0.25, -0.2) is 0 Å². The molecular formula is C16H28N4O7S3. The number of thiocarbonyl (C=S) groups is 1. The van der Waals surface area contributed by atoms with Gasteiger partial charge in [-0.3, -0.25) is 23.4 Å². The van der Waals surface area contributed by atoms with Crippen LogP contribution in [-0.2, 0) is 30.0 Å². The number of nitrogens with two attached hydrogens (primary N) is 1. The van der Waals surface area contributed by atoms with Crippen molar-refractivity contribution in [1.82, 2.24) is 16.0 Å². The van der Waals surface area contributed by atoms with E-state index in [4.69, 9.17) is 35.0 Å². The van der Waals surface area contributed by atoms with E-state index in [2.05, 4.69) is 5.32 Å². The molecule has 0 heterocycles. The van der Waals surface area contributed by atoms with Gasteiger partial charge in [0.15, 0.2) is 0 Å². The molecule has 14 heteroatoms. The van der Waals surface area contributed by atoms with Crippen LogP contribution in [0.1, 0.15) is 32.4 Å². The third-order valence-corrected chi connectivity index (χ3v) is 5.35. The van der Waals surface area contributed by atoms with E-state index in [0.29, 0.717) is 25.1 Å². The minimum absolute atomic E-state index is 0.184. The number of hydrogen-bond donors (Lipinski definition) is 6. The van der Waals surface area contributed by atoms with E-state index in [1.165, 1.54) is 0 Å². The normalized spacial score (nSPS) is 18.0. The van der Waals surface area contributed by atoms with Gasteiger partial charge in [0.1, 0.15) is 22.9 Å². The van der Waals surface area contributed by atoms with Crippen molar-refractivity contribution in [2.45, 2.75) is 37.6 Å². The highest BCUT2D eigenvalue weighted by molar-refractivity contribution is 8.23. The van der Waals surface area contributed by atoms with Gasteiger partial charge in [-0.1, -0.05) is 24.0 Å². The minimum atomic E-state index is -3.75. The molecule has 0 saturated heterocycles. The highest BCUT2D eigenvalue weighted by atomic mass is 32.2. The number of carboxylic acids is 2. The zero-order valence-corrected chi connectivity index (χ0v) is 18.5. The summed E-state index contributed by atoms with van der Waals surface area (Å²) in [7, 11) is -0.930. The Labute approximate surface area is 193 Å². The molecule has 0 aliphatic heterocycles. The summed E-state index contributed by atoms with van der Waals surface area (Å²) in [4.78, 5) is 46.8. The fourth-order valence-electron chi connectivity index (χ4n) is 1.67. The molecule has 0 radical (unpaired) electrons. The first kappa shape index (κ1) is 20.2. The second-order valence-corrected chi connectivity index (χ2v) is 8.87. The Morgan fingerprint density at radius 2 is 1.93 bits per heavy atom. The lowest BCUT2D eigenvalue weighted by molar-refractivity contribution is -0.139. The van der Waals surface area contributed by atoms with Crippen molar-refractivity contribution in [3.8, 4) is 0 Å². The first-order valence-electron chi connectivity index (χ1n) is 10.9. The molecule has 0 bridgehead atoms. The zero-order chi connectivity index (χ0) is 27.6. The number of unbranched alkanes of at least 4 members (excludes halogenated alkanes) is 1. The Morgan fingerprint density at radius 1 is 1.27 bits per heavy atom. The number of hydrogen-bond acceptors (Lipinski definition) is 8. The number of aliphatic carboxylic acids is 2. The number of carbonyl (C=O) groups is 4. The Kier molecular flexibility index (Phi) is 10.7.